The van der Waals surface area contributed by atoms with Gasteiger partial charge < -0.3 is 19.4 Å². The van der Waals surface area contributed by atoms with Gasteiger partial charge in [0.25, 0.3) is 0 Å². The van der Waals surface area contributed by atoms with Gasteiger partial charge in [-0.15, -0.1) is 0 Å². The zero-order valence-corrected chi connectivity index (χ0v) is 17.2. The van der Waals surface area contributed by atoms with Crippen LogP contribution in [0.2, 0.25) is 0 Å². The van der Waals surface area contributed by atoms with Crippen LogP contribution in [0.1, 0.15) is 41.9 Å². The number of aryl methyl sites for hydroxylation is 2. The van der Waals surface area contributed by atoms with E-state index in [2.05, 4.69) is 37.4 Å². The number of rotatable bonds is 6. The molecule has 3 rings (SSSR count). The molecule has 1 aliphatic rings. The highest BCUT2D eigenvalue weighted by Crippen LogP contribution is 2.28. The summed E-state index contributed by atoms with van der Waals surface area (Å²) in [5.74, 6) is 0.375. The first-order valence-corrected chi connectivity index (χ1v) is 9.91. The maximum absolute atomic E-state index is 12.7. The van der Waals surface area contributed by atoms with Crippen LogP contribution >= 0.6 is 0 Å². The normalized spacial score (nSPS) is 19.5. The van der Waals surface area contributed by atoms with Crippen molar-refractivity contribution in [1.82, 2.24) is 10.2 Å². The standard InChI is InChI=1S/C23H28N2O4/c1-16-6-7-17(2)20(13-16)21-14-25(18(3)15-29-21)23(27)10-11-24-22(26)9-8-19-5-4-12-28-19/h4-9,12-13,18,21H,10-11,14-15H2,1-3H3,(H,24,26)/b9-8+. The molecule has 1 aliphatic heterocycles. The Bertz CT molecular complexity index is 873. The molecule has 1 N–H and O–H groups in total. The Balaban J connectivity index is 1.52. The fraction of sp³-hybridized carbons (Fsp3) is 0.391. The van der Waals surface area contributed by atoms with Gasteiger partial charge in [0.1, 0.15) is 11.9 Å². The van der Waals surface area contributed by atoms with E-state index < -0.39 is 0 Å². The highest BCUT2D eigenvalue weighted by Gasteiger charge is 2.30. The molecule has 2 amide bonds. The maximum atomic E-state index is 12.7. The van der Waals surface area contributed by atoms with Crippen LogP contribution in [0.15, 0.2) is 47.1 Å². The van der Waals surface area contributed by atoms with Gasteiger partial charge in [0, 0.05) is 19.0 Å². The molecule has 0 spiro atoms. The molecule has 0 saturated carbocycles. The van der Waals surface area contributed by atoms with E-state index >= 15 is 0 Å². The molecule has 2 unspecified atom stereocenters. The maximum Gasteiger partial charge on any atom is 0.244 e. The number of benzene rings is 1. The Labute approximate surface area is 171 Å². The minimum atomic E-state index is -0.252. The van der Waals surface area contributed by atoms with E-state index in [1.54, 1.807) is 24.5 Å². The summed E-state index contributed by atoms with van der Waals surface area (Å²) < 4.78 is 11.2. The van der Waals surface area contributed by atoms with Crippen LogP contribution in [0, 0.1) is 13.8 Å². The third-order valence-corrected chi connectivity index (χ3v) is 5.12. The molecule has 1 aromatic heterocycles. The first kappa shape index (κ1) is 20.9. The van der Waals surface area contributed by atoms with Crippen LogP contribution in [-0.4, -0.2) is 42.5 Å². The minimum absolute atomic E-state index is 0.0124. The molecule has 1 aromatic carbocycles. The van der Waals surface area contributed by atoms with Crippen molar-refractivity contribution in [1.29, 1.82) is 0 Å². The monoisotopic (exact) mass is 396 g/mol. The lowest BCUT2D eigenvalue weighted by atomic mass is 9.98. The quantitative estimate of drug-likeness (QED) is 0.760. The van der Waals surface area contributed by atoms with Crippen LogP contribution in [0.4, 0.5) is 0 Å². The first-order chi connectivity index (χ1) is 13.9. The Morgan fingerprint density at radius 2 is 2.10 bits per heavy atom. The van der Waals surface area contributed by atoms with Gasteiger partial charge in [-0.25, -0.2) is 0 Å². The second-order valence-corrected chi connectivity index (χ2v) is 7.47. The molecule has 0 radical (unpaired) electrons. The van der Waals surface area contributed by atoms with Gasteiger partial charge in [-0.1, -0.05) is 23.8 Å². The van der Waals surface area contributed by atoms with Gasteiger partial charge in [0.05, 0.1) is 25.5 Å². The molecule has 6 heteroatoms. The zero-order chi connectivity index (χ0) is 20.8. The van der Waals surface area contributed by atoms with E-state index in [4.69, 9.17) is 9.15 Å². The number of amides is 2. The Morgan fingerprint density at radius 1 is 1.28 bits per heavy atom. The second kappa shape index (κ2) is 9.56. The van der Waals surface area contributed by atoms with Crippen molar-refractivity contribution in [2.24, 2.45) is 0 Å². The molecule has 0 aliphatic carbocycles. The van der Waals surface area contributed by atoms with E-state index in [-0.39, 0.29) is 30.4 Å². The topological polar surface area (TPSA) is 71.8 Å². The fourth-order valence-electron chi connectivity index (χ4n) is 3.44. The number of carbonyl (C=O) groups excluding carboxylic acids is 2. The number of nitrogens with one attached hydrogen (secondary N) is 1. The molecule has 1 fully saturated rings. The summed E-state index contributed by atoms with van der Waals surface area (Å²) in [5.41, 5.74) is 3.47. The Morgan fingerprint density at radius 3 is 2.86 bits per heavy atom. The molecule has 2 atom stereocenters. The van der Waals surface area contributed by atoms with Crippen molar-refractivity contribution < 1.29 is 18.7 Å². The SMILES string of the molecule is Cc1ccc(C)c(C2CN(C(=O)CCNC(=O)/C=C/c3ccco3)C(C)CO2)c1. The predicted molar refractivity (Wildman–Crippen MR) is 111 cm³/mol. The summed E-state index contributed by atoms with van der Waals surface area (Å²) in [5, 5.41) is 2.74. The van der Waals surface area contributed by atoms with Crippen molar-refractivity contribution in [2.45, 2.75) is 39.3 Å². The van der Waals surface area contributed by atoms with Crippen molar-refractivity contribution >= 4 is 17.9 Å². The van der Waals surface area contributed by atoms with Crippen LogP contribution in [0.5, 0.6) is 0 Å². The number of ether oxygens (including phenoxy) is 1. The molecule has 1 saturated heterocycles. The number of hydrogen-bond acceptors (Lipinski definition) is 4. The molecule has 6 nitrogen and oxygen atoms in total. The highest BCUT2D eigenvalue weighted by atomic mass is 16.5. The minimum Gasteiger partial charge on any atom is -0.465 e. The van der Waals surface area contributed by atoms with Gasteiger partial charge >= 0.3 is 0 Å². The van der Waals surface area contributed by atoms with Gasteiger partial charge in [-0.05, 0) is 50.1 Å². The average Bonchev–Trinajstić information content (AvgIpc) is 3.22. The number of furan rings is 1. The summed E-state index contributed by atoms with van der Waals surface area (Å²) in [6.45, 7) is 7.42. The van der Waals surface area contributed by atoms with Crippen LogP contribution in [0.3, 0.4) is 0 Å². The van der Waals surface area contributed by atoms with E-state index in [1.165, 1.54) is 11.6 Å². The van der Waals surface area contributed by atoms with Crippen LogP contribution in [-0.2, 0) is 14.3 Å². The van der Waals surface area contributed by atoms with E-state index in [9.17, 15) is 9.59 Å². The fourth-order valence-corrected chi connectivity index (χ4v) is 3.44. The average molecular weight is 396 g/mol. The smallest absolute Gasteiger partial charge is 0.244 e. The molecule has 2 heterocycles. The van der Waals surface area contributed by atoms with E-state index in [0.717, 1.165) is 11.1 Å². The third-order valence-electron chi connectivity index (χ3n) is 5.12. The predicted octanol–water partition coefficient (Wildman–Crippen LogP) is 3.40. The molecular formula is C23H28N2O4. The zero-order valence-electron chi connectivity index (χ0n) is 17.2. The largest absolute Gasteiger partial charge is 0.465 e. The molecule has 2 aromatic rings. The summed E-state index contributed by atoms with van der Waals surface area (Å²) >= 11 is 0. The lowest BCUT2D eigenvalue weighted by molar-refractivity contribution is -0.144. The Hall–Kier alpha value is -2.86. The van der Waals surface area contributed by atoms with Crippen LogP contribution < -0.4 is 5.32 Å². The highest BCUT2D eigenvalue weighted by molar-refractivity contribution is 5.91. The number of morpholine rings is 1. The molecule has 29 heavy (non-hydrogen) atoms. The van der Waals surface area contributed by atoms with Crippen molar-refractivity contribution in [2.75, 3.05) is 19.7 Å². The molecule has 154 valence electrons. The van der Waals surface area contributed by atoms with E-state index in [1.807, 2.05) is 11.8 Å². The molecule has 0 bridgehead atoms. The van der Waals surface area contributed by atoms with Gasteiger partial charge in [-0.2, -0.15) is 0 Å². The van der Waals surface area contributed by atoms with Crippen molar-refractivity contribution in [3.63, 3.8) is 0 Å². The van der Waals surface area contributed by atoms with E-state index in [0.29, 0.717) is 25.5 Å². The van der Waals surface area contributed by atoms with Crippen LogP contribution in [0.25, 0.3) is 6.08 Å². The third kappa shape index (κ3) is 5.57. The van der Waals surface area contributed by atoms with Crippen molar-refractivity contribution in [3.05, 3.63) is 65.1 Å². The van der Waals surface area contributed by atoms with Crippen molar-refractivity contribution in [3.8, 4) is 0 Å². The van der Waals surface area contributed by atoms with Gasteiger partial charge in [0.15, 0.2) is 0 Å². The Kier molecular flexibility index (Phi) is 6.88. The van der Waals surface area contributed by atoms with Gasteiger partial charge in [0.2, 0.25) is 11.8 Å². The summed E-state index contributed by atoms with van der Waals surface area (Å²) in [6, 6.07) is 9.83. The number of carbonyl (C=O) groups is 2. The first-order valence-electron chi connectivity index (χ1n) is 9.91. The second-order valence-electron chi connectivity index (χ2n) is 7.47. The number of nitrogens with zero attached hydrogens (tertiary/aromatic N) is 1. The van der Waals surface area contributed by atoms with Gasteiger partial charge in [-0.3, -0.25) is 9.59 Å². The summed E-state index contributed by atoms with van der Waals surface area (Å²) in [4.78, 5) is 26.5. The summed E-state index contributed by atoms with van der Waals surface area (Å²) in [6.07, 6.45) is 4.67. The lowest BCUT2D eigenvalue weighted by Crippen LogP contribution is -2.49. The lowest BCUT2D eigenvalue weighted by Gasteiger charge is -2.39. The molecular weight excluding hydrogens is 368 g/mol. The summed E-state index contributed by atoms with van der Waals surface area (Å²) in [7, 11) is 0. The number of hydrogen-bond donors (Lipinski definition) is 1.